The van der Waals surface area contributed by atoms with Crippen LogP contribution in [0.5, 0.6) is 11.5 Å². The third-order valence-corrected chi connectivity index (χ3v) is 4.95. The molecule has 1 unspecified atom stereocenters. The van der Waals surface area contributed by atoms with Gasteiger partial charge in [0.25, 0.3) is 5.91 Å². The largest absolute Gasteiger partial charge is 0.486 e. The number of esters is 1. The minimum atomic E-state index is -0.825. The molecule has 0 saturated heterocycles. The number of fused-ring (bicyclic) bond motifs is 1. The van der Waals surface area contributed by atoms with Crippen LogP contribution in [0, 0.1) is 0 Å². The number of thiophene rings is 1. The minimum absolute atomic E-state index is 0.288. The van der Waals surface area contributed by atoms with Crippen molar-refractivity contribution in [2.45, 2.75) is 26.4 Å². The molecule has 1 aromatic heterocycles. The first-order chi connectivity index (χ1) is 12.6. The fourth-order valence-electron chi connectivity index (χ4n) is 2.46. The topological polar surface area (TPSA) is 73.9 Å². The first-order valence-corrected chi connectivity index (χ1v) is 9.38. The summed E-state index contributed by atoms with van der Waals surface area (Å²) in [5.74, 6) is 0.636. The van der Waals surface area contributed by atoms with Gasteiger partial charge in [-0.3, -0.25) is 4.79 Å². The van der Waals surface area contributed by atoms with Crippen LogP contribution in [0.1, 0.15) is 29.9 Å². The summed E-state index contributed by atoms with van der Waals surface area (Å²) in [5, 5.41) is 2.71. The lowest BCUT2D eigenvalue weighted by molar-refractivity contribution is -0.129. The van der Waals surface area contributed by atoms with E-state index in [0.717, 1.165) is 22.6 Å². The summed E-state index contributed by atoms with van der Waals surface area (Å²) in [5.41, 5.74) is 0.937. The van der Waals surface area contributed by atoms with Crippen molar-refractivity contribution < 1.29 is 23.8 Å². The van der Waals surface area contributed by atoms with E-state index in [4.69, 9.17) is 14.2 Å². The molecular formula is C19H21NO5S. The average Bonchev–Trinajstić information content (AvgIpc) is 3.16. The van der Waals surface area contributed by atoms with E-state index in [9.17, 15) is 9.59 Å². The first-order valence-electron chi connectivity index (χ1n) is 8.57. The molecule has 2 heterocycles. The van der Waals surface area contributed by atoms with E-state index >= 15 is 0 Å². The summed E-state index contributed by atoms with van der Waals surface area (Å²) in [6, 6.07) is 9.25. The Balaban J connectivity index is 1.67. The van der Waals surface area contributed by atoms with Gasteiger partial charge in [-0.05, 0) is 49.2 Å². The van der Waals surface area contributed by atoms with Crippen LogP contribution < -0.4 is 14.8 Å². The number of hydrogen-bond donors (Lipinski definition) is 1. The van der Waals surface area contributed by atoms with Gasteiger partial charge in [-0.25, -0.2) is 4.79 Å². The molecule has 1 aliphatic rings. The smallest absolute Gasteiger partial charge is 0.349 e. The standard InChI is InChI=1S/C19H21NO5S/c1-3-8-20-18(21)12(2)25-19(22)17-7-6-16(26-17)13-4-5-14-15(11-13)24-10-9-23-14/h4-7,11-12H,3,8-10H2,1-2H3,(H,20,21). The molecule has 1 aromatic carbocycles. The molecule has 0 spiro atoms. The molecular weight excluding hydrogens is 354 g/mol. The normalized spacial score (nSPS) is 13.8. The fourth-order valence-corrected chi connectivity index (χ4v) is 3.35. The highest BCUT2D eigenvalue weighted by atomic mass is 32.1. The molecule has 0 radical (unpaired) electrons. The van der Waals surface area contributed by atoms with Crippen LogP contribution in [0.3, 0.4) is 0 Å². The third-order valence-electron chi connectivity index (χ3n) is 3.84. The van der Waals surface area contributed by atoms with Crippen LogP contribution in [-0.2, 0) is 9.53 Å². The van der Waals surface area contributed by atoms with Gasteiger partial charge in [-0.15, -0.1) is 11.3 Å². The molecule has 3 rings (SSSR count). The Morgan fingerprint density at radius 1 is 1.19 bits per heavy atom. The third kappa shape index (κ3) is 4.16. The molecule has 6 nitrogen and oxygen atoms in total. The van der Waals surface area contributed by atoms with Crippen LogP contribution in [0.15, 0.2) is 30.3 Å². The highest BCUT2D eigenvalue weighted by Crippen LogP contribution is 2.37. The van der Waals surface area contributed by atoms with Gasteiger partial charge in [0.05, 0.1) is 0 Å². The molecule has 26 heavy (non-hydrogen) atoms. The monoisotopic (exact) mass is 375 g/mol. The molecule has 138 valence electrons. The summed E-state index contributed by atoms with van der Waals surface area (Å²) in [6.45, 7) is 5.16. The quantitative estimate of drug-likeness (QED) is 0.785. The highest BCUT2D eigenvalue weighted by Gasteiger charge is 2.20. The molecule has 0 aliphatic carbocycles. The number of hydrogen-bond acceptors (Lipinski definition) is 6. The van der Waals surface area contributed by atoms with Gasteiger partial charge in [0.2, 0.25) is 0 Å². The Kier molecular flexibility index (Phi) is 5.78. The van der Waals surface area contributed by atoms with Gasteiger partial charge in [0.1, 0.15) is 18.1 Å². The molecule has 2 aromatic rings. The number of rotatable bonds is 6. The number of ether oxygens (including phenoxy) is 3. The van der Waals surface area contributed by atoms with Gasteiger partial charge < -0.3 is 19.5 Å². The molecule has 0 bridgehead atoms. The molecule has 0 saturated carbocycles. The van der Waals surface area contributed by atoms with E-state index in [0.29, 0.717) is 30.4 Å². The number of nitrogens with one attached hydrogen (secondary N) is 1. The second-order valence-corrected chi connectivity index (χ2v) is 6.94. The summed E-state index contributed by atoms with van der Waals surface area (Å²) in [7, 11) is 0. The number of carbonyl (C=O) groups is 2. The summed E-state index contributed by atoms with van der Waals surface area (Å²) >= 11 is 1.31. The van der Waals surface area contributed by atoms with Crippen molar-refractivity contribution in [1.82, 2.24) is 5.32 Å². The second kappa shape index (κ2) is 8.23. The highest BCUT2D eigenvalue weighted by molar-refractivity contribution is 7.17. The van der Waals surface area contributed by atoms with Crippen molar-refractivity contribution in [3.05, 3.63) is 35.2 Å². The molecule has 1 atom stereocenters. The SMILES string of the molecule is CCCNC(=O)C(C)OC(=O)c1ccc(-c2ccc3c(c2)OCCO3)s1. The Hall–Kier alpha value is -2.54. The Bertz CT molecular complexity index is 801. The van der Waals surface area contributed by atoms with E-state index in [1.54, 1.807) is 13.0 Å². The van der Waals surface area contributed by atoms with Crippen LogP contribution in [-0.4, -0.2) is 37.7 Å². The van der Waals surface area contributed by atoms with E-state index in [1.807, 2.05) is 31.2 Å². The van der Waals surface area contributed by atoms with Crippen molar-refractivity contribution in [3.8, 4) is 21.9 Å². The maximum absolute atomic E-state index is 12.3. The molecule has 1 N–H and O–H groups in total. The van der Waals surface area contributed by atoms with E-state index in [1.165, 1.54) is 11.3 Å². The lowest BCUT2D eigenvalue weighted by atomic mass is 10.1. The predicted molar refractivity (Wildman–Crippen MR) is 98.9 cm³/mol. The lowest BCUT2D eigenvalue weighted by Crippen LogP contribution is -2.36. The Morgan fingerprint density at radius 3 is 2.73 bits per heavy atom. The van der Waals surface area contributed by atoms with Gasteiger partial charge in [-0.1, -0.05) is 6.92 Å². The van der Waals surface area contributed by atoms with Crippen molar-refractivity contribution in [2.24, 2.45) is 0 Å². The van der Waals surface area contributed by atoms with Crippen molar-refractivity contribution in [1.29, 1.82) is 0 Å². The van der Waals surface area contributed by atoms with Crippen LogP contribution in [0.4, 0.5) is 0 Å². The van der Waals surface area contributed by atoms with Crippen molar-refractivity contribution in [2.75, 3.05) is 19.8 Å². The van der Waals surface area contributed by atoms with Crippen molar-refractivity contribution >= 4 is 23.2 Å². The Morgan fingerprint density at radius 2 is 1.96 bits per heavy atom. The van der Waals surface area contributed by atoms with E-state index < -0.39 is 12.1 Å². The Labute approximate surface area is 156 Å². The predicted octanol–water partition coefficient (Wildman–Crippen LogP) is 3.26. The molecule has 1 amide bonds. The van der Waals surface area contributed by atoms with E-state index in [2.05, 4.69) is 5.32 Å². The first kappa shape index (κ1) is 18.3. The van der Waals surface area contributed by atoms with Crippen LogP contribution >= 0.6 is 11.3 Å². The number of carbonyl (C=O) groups excluding carboxylic acids is 2. The maximum Gasteiger partial charge on any atom is 0.349 e. The van der Waals surface area contributed by atoms with Crippen LogP contribution in [0.25, 0.3) is 10.4 Å². The van der Waals surface area contributed by atoms with Gasteiger partial charge in [-0.2, -0.15) is 0 Å². The number of amides is 1. The van der Waals surface area contributed by atoms with Gasteiger partial charge in [0.15, 0.2) is 17.6 Å². The second-order valence-electron chi connectivity index (χ2n) is 5.86. The molecule has 1 aliphatic heterocycles. The van der Waals surface area contributed by atoms with Crippen molar-refractivity contribution in [3.63, 3.8) is 0 Å². The van der Waals surface area contributed by atoms with E-state index in [-0.39, 0.29) is 5.91 Å². The fraction of sp³-hybridized carbons (Fsp3) is 0.368. The lowest BCUT2D eigenvalue weighted by Gasteiger charge is -2.18. The average molecular weight is 375 g/mol. The minimum Gasteiger partial charge on any atom is -0.486 e. The summed E-state index contributed by atoms with van der Waals surface area (Å²) in [6.07, 6.45) is 0.00449. The number of benzene rings is 1. The summed E-state index contributed by atoms with van der Waals surface area (Å²) < 4.78 is 16.4. The van der Waals surface area contributed by atoms with Gasteiger partial charge >= 0.3 is 5.97 Å². The summed E-state index contributed by atoms with van der Waals surface area (Å²) in [4.78, 5) is 25.5. The zero-order valence-corrected chi connectivity index (χ0v) is 15.6. The zero-order chi connectivity index (χ0) is 18.5. The van der Waals surface area contributed by atoms with Gasteiger partial charge in [0, 0.05) is 11.4 Å². The van der Waals surface area contributed by atoms with Crippen LogP contribution in [0.2, 0.25) is 0 Å². The maximum atomic E-state index is 12.3. The molecule has 7 heteroatoms. The zero-order valence-electron chi connectivity index (χ0n) is 14.7. The molecule has 0 fully saturated rings.